The predicted octanol–water partition coefficient (Wildman–Crippen LogP) is 2.37. The number of carbonyl (C=O) groups is 1. The van der Waals surface area contributed by atoms with E-state index in [2.05, 4.69) is 17.4 Å². The molecule has 4 heteroatoms. The summed E-state index contributed by atoms with van der Waals surface area (Å²) in [6.07, 6.45) is 1.11. The maximum atomic E-state index is 12.1. The first-order valence-electron chi connectivity index (χ1n) is 7.20. The summed E-state index contributed by atoms with van der Waals surface area (Å²) in [5.41, 5.74) is 0.303. The Bertz CT molecular complexity index is 645. The minimum Gasteiger partial charge on any atom is -0.387 e. The van der Waals surface area contributed by atoms with Gasteiger partial charge < -0.3 is 10.4 Å². The molecular weight excluding hydrogens is 282 g/mol. The number of nitrogens with one attached hydrogen (secondary N) is 1. The van der Waals surface area contributed by atoms with Crippen LogP contribution in [-0.4, -0.2) is 34.7 Å². The number of aliphatic hydroxyl groups is 1. The van der Waals surface area contributed by atoms with Crippen molar-refractivity contribution in [3.8, 4) is 0 Å². The van der Waals surface area contributed by atoms with Gasteiger partial charge in [-0.3, -0.25) is 4.79 Å². The van der Waals surface area contributed by atoms with Crippen LogP contribution in [0.5, 0.6) is 0 Å². The molecule has 0 radical (unpaired) electrons. The van der Waals surface area contributed by atoms with Crippen molar-refractivity contribution in [3.63, 3.8) is 0 Å². The summed E-state index contributed by atoms with van der Waals surface area (Å²) in [4.78, 5) is 12.1. The molecule has 0 bridgehead atoms. The third kappa shape index (κ3) is 3.39. The van der Waals surface area contributed by atoms with E-state index in [4.69, 9.17) is 0 Å². The van der Waals surface area contributed by atoms with Gasteiger partial charge in [0.05, 0.1) is 12.0 Å². The van der Waals surface area contributed by atoms with Gasteiger partial charge in [-0.2, -0.15) is 11.8 Å². The second kappa shape index (κ2) is 6.08. The van der Waals surface area contributed by atoms with Gasteiger partial charge in [0.15, 0.2) is 0 Å². The van der Waals surface area contributed by atoms with Gasteiger partial charge in [-0.1, -0.05) is 42.5 Å². The van der Waals surface area contributed by atoms with E-state index in [-0.39, 0.29) is 5.91 Å². The molecule has 2 aromatic carbocycles. The van der Waals surface area contributed by atoms with Gasteiger partial charge in [0.2, 0.25) is 5.91 Å². The molecule has 0 saturated carbocycles. The van der Waals surface area contributed by atoms with Crippen LogP contribution < -0.4 is 5.32 Å². The molecule has 1 fully saturated rings. The average molecular weight is 301 g/mol. The van der Waals surface area contributed by atoms with Crippen molar-refractivity contribution in [2.24, 2.45) is 0 Å². The molecule has 21 heavy (non-hydrogen) atoms. The van der Waals surface area contributed by atoms with Crippen molar-refractivity contribution in [1.29, 1.82) is 0 Å². The largest absolute Gasteiger partial charge is 0.387 e. The van der Waals surface area contributed by atoms with Gasteiger partial charge >= 0.3 is 0 Å². The van der Waals surface area contributed by atoms with Gasteiger partial charge in [-0.25, -0.2) is 0 Å². The van der Waals surface area contributed by atoms with Gasteiger partial charge in [-0.15, -0.1) is 0 Å². The zero-order chi connectivity index (χ0) is 14.7. The third-order valence-electron chi connectivity index (χ3n) is 3.93. The molecule has 3 nitrogen and oxygen atoms in total. The molecule has 1 amide bonds. The molecular formula is C17H19NO2S. The summed E-state index contributed by atoms with van der Waals surface area (Å²) in [7, 11) is 0. The number of hydrogen-bond acceptors (Lipinski definition) is 3. The van der Waals surface area contributed by atoms with Crippen molar-refractivity contribution in [3.05, 3.63) is 48.0 Å². The lowest BCUT2D eigenvalue weighted by Crippen LogP contribution is -2.43. The highest BCUT2D eigenvalue weighted by Gasteiger charge is 2.31. The molecule has 0 aromatic heterocycles. The molecule has 0 aliphatic carbocycles. The van der Waals surface area contributed by atoms with E-state index < -0.39 is 5.60 Å². The van der Waals surface area contributed by atoms with E-state index in [1.807, 2.05) is 30.3 Å². The number of fused-ring (bicyclic) bond motifs is 1. The maximum Gasteiger partial charge on any atom is 0.224 e. The van der Waals surface area contributed by atoms with Crippen molar-refractivity contribution >= 4 is 28.4 Å². The molecule has 2 aromatic rings. The quantitative estimate of drug-likeness (QED) is 0.911. The van der Waals surface area contributed by atoms with E-state index in [1.165, 1.54) is 0 Å². The normalized spacial score (nSPS) is 21.6. The molecule has 1 atom stereocenters. The standard InChI is InChI=1S/C17H19NO2S/c19-16(18-11-17(20)8-9-21-12-17)10-14-6-3-5-13-4-1-2-7-15(13)14/h1-7,20H,8-12H2,(H,18,19). The summed E-state index contributed by atoms with van der Waals surface area (Å²) >= 11 is 1.74. The number of hydrogen-bond donors (Lipinski definition) is 2. The van der Waals surface area contributed by atoms with Gasteiger partial charge in [0.25, 0.3) is 0 Å². The predicted molar refractivity (Wildman–Crippen MR) is 87.6 cm³/mol. The third-order valence-corrected chi connectivity index (χ3v) is 5.16. The van der Waals surface area contributed by atoms with Crippen molar-refractivity contribution in [1.82, 2.24) is 5.32 Å². The molecule has 110 valence electrons. The minimum absolute atomic E-state index is 0.0309. The van der Waals surface area contributed by atoms with E-state index in [0.717, 1.165) is 28.5 Å². The van der Waals surface area contributed by atoms with E-state index in [1.54, 1.807) is 11.8 Å². The molecule has 1 unspecified atom stereocenters. The highest BCUT2D eigenvalue weighted by atomic mass is 32.2. The maximum absolute atomic E-state index is 12.1. The van der Waals surface area contributed by atoms with Crippen LogP contribution >= 0.6 is 11.8 Å². The molecule has 1 heterocycles. The fourth-order valence-electron chi connectivity index (χ4n) is 2.68. The highest BCUT2D eigenvalue weighted by molar-refractivity contribution is 7.99. The second-order valence-corrected chi connectivity index (χ2v) is 6.72. The van der Waals surface area contributed by atoms with Crippen molar-refractivity contribution < 1.29 is 9.90 Å². The van der Waals surface area contributed by atoms with Crippen molar-refractivity contribution in [2.75, 3.05) is 18.1 Å². The van der Waals surface area contributed by atoms with Gasteiger partial charge in [0.1, 0.15) is 0 Å². The smallest absolute Gasteiger partial charge is 0.224 e. The topological polar surface area (TPSA) is 49.3 Å². The number of amides is 1. The first-order chi connectivity index (χ1) is 10.2. The first-order valence-corrected chi connectivity index (χ1v) is 8.35. The van der Waals surface area contributed by atoms with E-state index in [9.17, 15) is 9.90 Å². The highest BCUT2D eigenvalue weighted by Crippen LogP contribution is 2.27. The zero-order valence-corrected chi connectivity index (χ0v) is 12.7. The molecule has 1 aliphatic rings. The lowest BCUT2D eigenvalue weighted by Gasteiger charge is -2.21. The molecule has 2 N–H and O–H groups in total. The van der Waals surface area contributed by atoms with Gasteiger partial charge in [-0.05, 0) is 28.5 Å². The number of rotatable bonds is 4. The summed E-state index contributed by atoms with van der Waals surface area (Å²) in [6.45, 7) is 0.351. The Labute approximate surface area is 128 Å². The van der Waals surface area contributed by atoms with Crippen LogP contribution in [0.3, 0.4) is 0 Å². The first kappa shape index (κ1) is 14.4. The second-order valence-electron chi connectivity index (χ2n) is 5.62. The van der Waals surface area contributed by atoms with Crippen LogP contribution in [0.4, 0.5) is 0 Å². The average Bonchev–Trinajstić information content (AvgIpc) is 2.93. The van der Waals surface area contributed by atoms with Gasteiger partial charge in [0, 0.05) is 12.3 Å². The van der Waals surface area contributed by atoms with Crippen LogP contribution in [0.25, 0.3) is 10.8 Å². The van der Waals surface area contributed by atoms with Crippen LogP contribution in [0, 0.1) is 0 Å². The molecule has 0 spiro atoms. The number of thioether (sulfide) groups is 1. The van der Waals surface area contributed by atoms with Crippen LogP contribution in [0.1, 0.15) is 12.0 Å². The van der Waals surface area contributed by atoms with Crippen LogP contribution in [-0.2, 0) is 11.2 Å². The summed E-state index contributed by atoms with van der Waals surface area (Å²) < 4.78 is 0. The lowest BCUT2D eigenvalue weighted by atomic mass is 10.0. The van der Waals surface area contributed by atoms with E-state index in [0.29, 0.717) is 18.7 Å². The van der Waals surface area contributed by atoms with E-state index >= 15 is 0 Å². The Morgan fingerprint density at radius 2 is 2.05 bits per heavy atom. The summed E-state index contributed by atoms with van der Waals surface area (Å²) in [5, 5.41) is 15.4. The Balaban J connectivity index is 1.66. The molecule has 3 rings (SSSR count). The summed E-state index contributed by atoms with van der Waals surface area (Å²) in [5.74, 6) is 1.65. The fraction of sp³-hybridized carbons (Fsp3) is 0.353. The molecule has 1 aliphatic heterocycles. The zero-order valence-electron chi connectivity index (χ0n) is 11.8. The lowest BCUT2D eigenvalue weighted by molar-refractivity contribution is -0.121. The SMILES string of the molecule is O=C(Cc1cccc2ccccc12)NCC1(O)CCSC1. The Hall–Kier alpha value is -1.52. The van der Waals surface area contributed by atoms with Crippen LogP contribution in [0.2, 0.25) is 0 Å². The Morgan fingerprint density at radius 1 is 1.24 bits per heavy atom. The molecule has 1 saturated heterocycles. The Kier molecular flexibility index (Phi) is 4.17. The van der Waals surface area contributed by atoms with Crippen LogP contribution in [0.15, 0.2) is 42.5 Å². The minimum atomic E-state index is -0.723. The summed E-state index contributed by atoms with van der Waals surface area (Å²) in [6, 6.07) is 14.1. The monoisotopic (exact) mass is 301 g/mol. The Morgan fingerprint density at radius 3 is 2.86 bits per heavy atom. The fourth-order valence-corrected chi connectivity index (χ4v) is 3.98. The van der Waals surface area contributed by atoms with Crippen molar-refractivity contribution in [2.45, 2.75) is 18.4 Å². The number of carbonyl (C=O) groups excluding carboxylic acids is 1. The number of benzene rings is 2.